The van der Waals surface area contributed by atoms with Crippen molar-refractivity contribution in [1.29, 1.82) is 0 Å². The van der Waals surface area contributed by atoms with Crippen LogP contribution in [0.2, 0.25) is 0 Å². The maximum atomic E-state index is 12.3. The van der Waals surface area contributed by atoms with Gasteiger partial charge in [-0.25, -0.2) is 4.98 Å². The van der Waals surface area contributed by atoms with Crippen molar-refractivity contribution in [3.8, 4) is 0 Å². The first-order chi connectivity index (χ1) is 8.88. The second-order valence-corrected chi connectivity index (χ2v) is 6.73. The largest absolute Gasteiger partial charge is 0.365 e. The van der Waals surface area contributed by atoms with E-state index < -0.39 is 0 Å². The molecule has 0 atom stereocenters. The number of anilines is 1. The molecule has 0 aliphatic heterocycles. The van der Waals surface area contributed by atoms with E-state index in [1.54, 1.807) is 17.0 Å². The van der Waals surface area contributed by atoms with Crippen molar-refractivity contribution in [3.63, 3.8) is 0 Å². The van der Waals surface area contributed by atoms with E-state index in [0.29, 0.717) is 11.2 Å². The molecule has 19 heavy (non-hydrogen) atoms. The highest BCUT2D eigenvalue weighted by atomic mass is 16.1. The maximum absolute atomic E-state index is 12.3. The third-order valence-corrected chi connectivity index (χ3v) is 3.93. The maximum Gasteiger partial charge on any atom is 0.293 e. The Morgan fingerprint density at radius 2 is 2.11 bits per heavy atom. The van der Waals surface area contributed by atoms with Crippen molar-refractivity contribution in [2.75, 3.05) is 11.9 Å². The second kappa shape index (κ2) is 4.99. The van der Waals surface area contributed by atoms with Crippen LogP contribution < -0.4 is 10.9 Å². The molecule has 0 radical (unpaired) electrons. The van der Waals surface area contributed by atoms with Gasteiger partial charge in [0.15, 0.2) is 5.82 Å². The Balaban J connectivity index is 2.12. The van der Waals surface area contributed by atoms with E-state index >= 15 is 0 Å². The Hall–Kier alpha value is -1.32. The molecule has 106 valence electrons. The summed E-state index contributed by atoms with van der Waals surface area (Å²) in [7, 11) is 0. The van der Waals surface area contributed by atoms with Crippen LogP contribution in [0.5, 0.6) is 0 Å². The van der Waals surface area contributed by atoms with E-state index in [9.17, 15) is 4.79 Å². The highest BCUT2D eigenvalue weighted by Gasteiger charge is 2.41. The molecule has 1 aromatic heterocycles. The molecule has 0 unspecified atom stereocenters. The fourth-order valence-electron chi connectivity index (χ4n) is 2.55. The zero-order valence-corrected chi connectivity index (χ0v) is 12.5. The van der Waals surface area contributed by atoms with E-state index in [1.807, 2.05) is 20.8 Å². The van der Waals surface area contributed by atoms with Crippen LogP contribution in [0.15, 0.2) is 17.2 Å². The van der Waals surface area contributed by atoms with Crippen LogP contribution in [0.3, 0.4) is 0 Å². The highest BCUT2D eigenvalue weighted by molar-refractivity contribution is 5.32. The monoisotopic (exact) mass is 263 g/mol. The van der Waals surface area contributed by atoms with Crippen molar-refractivity contribution < 1.29 is 0 Å². The van der Waals surface area contributed by atoms with E-state index in [4.69, 9.17) is 0 Å². The standard InChI is InChI=1S/C15H25N3O/c1-5-6-15(7-8-15)11-17-12-13(19)18(10-9-16-12)14(2,3)4/h9-10H,5-8,11H2,1-4H3,(H,16,17). The van der Waals surface area contributed by atoms with Crippen molar-refractivity contribution in [2.45, 2.75) is 58.9 Å². The molecular formula is C15H25N3O. The Morgan fingerprint density at radius 3 is 2.63 bits per heavy atom. The third kappa shape index (κ3) is 3.17. The smallest absolute Gasteiger partial charge is 0.293 e. The lowest BCUT2D eigenvalue weighted by molar-refractivity contribution is 0.383. The summed E-state index contributed by atoms with van der Waals surface area (Å²) in [5.74, 6) is 0.486. The van der Waals surface area contributed by atoms with Gasteiger partial charge in [-0.1, -0.05) is 13.3 Å². The first-order valence-corrected chi connectivity index (χ1v) is 7.20. The van der Waals surface area contributed by atoms with Gasteiger partial charge in [-0.2, -0.15) is 0 Å². The number of nitrogens with zero attached hydrogens (tertiary/aromatic N) is 2. The first-order valence-electron chi connectivity index (χ1n) is 7.20. The van der Waals surface area contributed by atoms with E-state index in [2.05, 4.69) is 17.2 Å². The number of hydrogen-bond acceptors (Lipinski definition) is 3. The topological polar surface area (TPSA) is 46.9 Å². The van der Waals surface area contributed by atoms with Gasteiger partial charge in [0.25, 0.3) is 5.56 Å². The molecule has 2 rings (SSSR count). The van der Waals surface area contributed by atoms with Crippen LogP contribution in [0.1, 0.15) is 53.4 Å². The fraction of sp³-hybridized carbons (Fsp3) is 0.733. The predicted octanol–water partition coefficient (Wildman–Crippen LogP) is 2.99. The minimum Gasteiger partial charge on any atom is -0.365 e. The molecule has 1 aliphatic rings. The first kappa shape index (κ1) is 14.1. The minimum atomic E-state index is -0.211. The Morgan fingerprint density at radius 1 is 1.42 bits per heavy atom. The van der Waals surface area contributed by atoms with Gasteiger partial charge < -0.3 is 9.88 Å². The molecule has 1 saturated carbocycles. The predicted molar refractivity (Wildman–Crippen MR) is 78.6 cm³/mol. The molecule has 0 saturated heterocycles. The summed E-state index contributed by atoms with van der Waals surface area (Å²) in [5.41, 5.74) is 0.185. The molecule has 4 heteroatoms. The summed E-state index contributed by atoms with van der Waals surface area (Å²) < 4.78 is 1.74. The lowest BCUT2D eigenvalue weighted by Gasteiger charge is -2.23. The van der Waals surface area contributed by atoms with Crippen LogP contribution in [0, 0.1) is 5.41 Å². The van der Waals surface area contributed by atoms with Crippen LogP contribution in [-0.4, -0.2) is 16.1 Å². The zero-order valence-electron chi connectivity index (χ0n) is 12.5. The van der Waals surface area contributed by atoms with Gasteiger partial charge >= 0.3 is 0 Å². The average molecular weight is 263 g/mol. The molecule has 0 amide bonds. The van der Waals surface area contributed by atoms with Gasteiger partial charge in [0.2, 0.25) is 0 Å². The SMILES string of the molecule is CCCC1(CNc2nccn(C(C)(C)C)c2=O)CC1. The molecule has 1 fully saturated rings. The summed E-state index contributed by atoms with van der Waals surface area (Å²) in [6.07, 6.45) is 8.44. The fourth-order valence-corrected chi connectivity index (χ4v) is 2.55. The molecule has 0 aromatic carbocycles. The third-order valence-electron chi connectivity index (χ3n) is 3.93. The summed E-state index contributed by atoms with van der Waals surface area (Å²) in [4.78, 5) is 16.5. The molecular weight excluding hydrogens is 238 g/mol. The number of aromatic nitrogens is 2. The Kier molecular flexibility index (Phi) is 3.70. The van der Waals surface area contributed by atoms with E-state index in [0.717, 1.165) is 6.54 Å². The zero-order chi connectivity index (χ0) is 14.1. The Labute approximate surface area is 115 Å². The van der Waals surface area contributed by atoms with Crippen molar-refractivity contribution >= 4 is 5.82 Å². The quantitative estimate of drug-likeness (QED) is 0.888. The lowest BCUT2D eigenvalue weighted by atomic mass is 10.0. The Bertz CT molecular complexity index is 495. The van der Waals surface area contributed by atoms with Gasteiger partial charge in [-0.15, -0.1) is 0 Å². The average Bonchev–Trinajstić information content (AvgIpc) is 3.07. The van der Waals surface area contributed by atoms with Gasteiger partial charge in [0.1, 0.15) is 0 Å². The summed E-state index contributed by atoms with van der Waals surface area (Å²) in [6.45, 7) is 9.16. The normalized spacial score (nSPS) is 17.3. The number of nitrogens with one attached hydrogen (secondary N) is 1. The van der Waals surface area contributed by atoms with Crippen LogP contribution in [0.25, 0.3) is 0 Å². The van der Waals surface area contributed by atoms with Gasteiger partial charge in [-0.05, 0) is 45.4 Å². The van der Waals surface area contributed by atoms with Crippen LogP contribution >= 0.6 is 0 Å². The summed E-state index contributed by atoms with van der Waals surface area (Å²) in [5, 5.41) is 3.27. The van der Waals surface area contributed by atoms with Crippen LogP contribution in [-0.2, 0) is 5.54 Å². The highest BCUT2D eigenvalue weighted by Crippen LogP contribution is 2.49. The second-order valence-electron chi connectivity index (χ2n) is 6.73. The molecule has 1 heterocycles. The van der Waals surface area contributed by atoms with E-state index in [-0.39, 0.29) is 11.1 Å². The van der Waals surface area contributed by atoms with Crippen LogP contribution in [0.4, 0.5) is 5.82 Å². The van der Waals surface area contributed by atoms with Gasteiger partial charge in [0, 0.05) is 24.5 Å². The summed E-state index contributed by atoms with van der Waals surface area (Å²) in [6, 6.07) is 0. The van der Waals surface area contributed by atoms with Crippen molar-refractivity contribution in [2.24, 2.45) is 5.41 Å². The van der Waals surface area contributed by atoms with Crippen molar-refractivity contribution in [3.05, 3.63) is 22.7 Å². The molecule has 4 nitrogen and oxygen atoms in total. The van der Waals surface area contributed by atoms with Gasteiger partial charge in [0.05, 0.1) is 0 Å². The molecule has 1 aliphatic carbocycles. The molecule has 1 N–H and O–H groups in total. The molecule has 0 spiro atoms. The lowest BCUT2D eigenvalue weighted by Crippen LogP contribution is -2.35. The van der Waals surface area contributed by atoms with Gasteiger partial charge in [-0.3, -0.25) is 4.79 Å². The number of rotatable bonds is 5. The number of hydrogen-bond donors (Lipinski definition) is 1. The van der Waals surface area contributed by atoms with E-state index in [1.165, 1.54) is 25.7 Å². The summed E-state index contributed by atoms with van der Waals surface area (Å²) >= 11 is 0. The molecule has 0 bridgehead atoms. The minimum absolute atomic E-state index is 0.0256. The molecule has 1 aromatic rings. The van der Waals surface area contributed by atoms with Crippen molar-refractivity contribution in [1.82, 2.24) is 9.55 Å².